The Bertz CT molecular complexity index is 2190. The first-order valence-corrected chi connectivity index (χ1v) is 20.6. The molecule has 1 aliphatic carbocycles. The molecule has 298 valence electrons. The van der Waals surface area contributed by atoms with Gasteiger partial charge in [-0.1, -0.05) is 37.3 Å². The van der Waals surface area contributed by atoms with E-state index >= 15 is 0 Å². The standard InChI is InChI=1S/C43H48N4O8S.2K.2H/c1-2-47(35-20-18-32(19-21-35)43(52)53)56(54,55)37-11-7-9-33(27-37)40(48)45-39-23-22-36(46-24-4-3-5-25-46)28-38(39)41(49)44-34-10-6-8-30(26-34)13-12-29-14-16-31(17-15-29)42(50)51;;;;/h6-11,14-17,22-23,26-28,32,35H,2-5,12-13,18-21,24-25H2,1H3,(H,44,49)(H,45,48)(H,50,51)(H,52,53);;;;. The van der Waals surface area contributed by atoms with Crippen LogP contribution in [0.15, 0.2) is 95.9 Å². The Kier molecular flexibility index (Phi) is 18.8. The number of carbonyl (C=O) groups excluding carboxylic acids is 2. The maximum absolute atomic E-state index is 14.0. The molecular formula is C43H50K2N4O8S. The summed E-state index contributed by atoms with van der Waals surface area (Å²) in [6.07, 6.45) is 6.24. The van der Waals surface area contributed by atoms with Crippen LogP contribution in [0.5, 0.6) is 0 Å². The predicted octanol–water partition coefficient (Wildman–Crippen LogP) is 6.02. The number of carbonyl (C=O) groups is 4. The van der Waals surface area contributed by atoms with Crippen LogP contribution >= 0.6 is 0 Å². The molecule has 0 aromatic heterocycles. The van der Waals surface area contributed by atoms with Gasteiger partial charge >= 0.3 is 115 Å². The number of nitrogens with one attached hydrogen (secondary N) is 2. The van der Waals surface area contributed by atoms with Crippen molar-refractivity contribution in [2.75, 3.05) is 35.2 Å². The number of aliphatic carboxylic acids is 1. The van der Waals surface area contributed by atoms with Crippen molar-refractivity contribution in [3.05, 3.63) is 119 Å². The number of benzene rings is 4. The first kappa shape index (κ1) is 48.4. The monoisotopic (exact) mass is 860 g/mol. The zero-order valence-electron chi connectivity index (χ0n) is 31.4. The number of aryl methyl sites for hydroxylation is 2. The van der Waals surface area contributed by atoms with Crippen molar-refractivity contribution < 1.29 is 37.8 Å². The zero-order chi connectivity index (χ0) is 39.8. The van der Waals surface area contributed by atoms with Crippen molar-refractivity contribution in [1.29, 1.82) is 0 Å². The van der Waals surface area contributed by atoms with E-state index in [0.717, 1.165) is 49.2 Å². The van der Waals surface area contributed by atoms with E-state index < -0.39 is 39.7 Å². The van der Waals surface area contributed by atoms with E-state index in [0.29, 0.717) is 44.2 Å². The van der Waals surface area contributed by atoms with Gasteiger partial charge in [-0.25, -0.2) is 13.2 Å². The SMILES string of the molecule is CCN(C1CCC(C(=O)O)CC1)S(=O)(=O)c1cccc(C(=O)Nc2ccc(N3CCCCC3)cc2C(=O)Nc2cccc(CCc3ccc(C(=O)O)cc3)c2)c1.[KH].[KH]. The Labute approximate surface area is 425 Å². The zero-order valence-corrected chi connectivity index (χ0v) is 32.3. The van der Waals surface area contributed by atoms with Gasteiger partial charge in [0, 0.05) is 42.6 Å². The van der Waals surface area contributed by atoms with E-state index in [-0.39, 0.29) is 143 Å². The van der Waals surface area contributed by atoms with Crippen molar-refractivity contribution in [2.45, 2.75) is 75.6 Å². The Morgan fingerprint density at radius 3 is 2.05 bits per heavy atom. The molecule has 1 saturated carbocycles. The van der Waals surface area contributed by atoms with Crippen LogP contribution in [0.2, 0.25) is 0 Å². The summed E-state index contributed by atoms with van der Waals surface area (Å²) < 4.78 is 29.2. The summed E-state index contributed by atoms with van der Waals surface area (Å²) in [5.41, 5.74) is 4.26. The van der Waals surface area contributed by atoms with Crippen molar-refractivity contribution in [1.82, 2.24) is 4.31 Å². The van der Waals surface area contributed by atoms with Crippen LogP contribution in [-0.4, -0.2) is 175 Å². The average Bonchev–Trinajstić information content (AvgIpc) is 3.21. The Morgan fingerprint density at radius 2 is 1.40 bits per heavy atom. The van der Waals surface area contributed by atoms with E-state index in [2.05, 4.69) is 15.5 Å². The molecule has 6 rings (SSSR count). The van der Waals surface area contributed by atoms with Gasteiger partial charge in [0.15, 0.2) is 0 Å². The van der Waals surface area contributed by atoms with Crippen LogP contribution in [0.4, 0.5) is 17.1 Å². The molecule has 0 radical (unpaired) electrons. The first-order valence-electron chi connectivity index (χ1n) is 19.2. The quantitative estimate of drug-likeness (QED) is 0.111. The summed E-state index contributed by atoms with van der Waals surface area (Å²) in [6, 6.07) is 25.1. The fraction of sp³-hybridized carbons (Fsp3) is 0.349. The average molecular weight is 861 g/mol. The number of carboxylic acids is 2. The second kappa shape index (κ2) is 22.5. The van der Waals surface area contributed by atoms with E-state index in [4.69, 9.17) is 0 Å². The summed E-state index contributed by atoms with van der Waals surface area (Å²) in [6.45, 7) is 3.65. The molecule has 0 unspecified atom stereocenters. The normalized spacial score (nSPS) is 16.7. The molecule has 1 heterocycles. The van der Waals surface area contributed by atoms with Gasteiger partial charge in [0.2, 0.25) is 10.0 Å². The molecule has 4 aromatic rings. The van der Waals surface area contributed by atoms with E-state index in [9.17, 15) is 37.8 Å². The third kappa shape index (κ3) is 12.4. The number of amides is 2. The Hall–Kier alpha value is -2.26. The molecular weight excluding hydrogens is 811 g/mol. The molecule has 2 aliphatic rings. The number of carboxylic acid groups (broad SMARTS) is 2. The molecule has 0 bridgehead atoms. The van der Waals surface area contributed by atoms with Gasteiger partial charge in [0.1, 0.15) is 0 Å². The molecule has 58 heavy (non-hydrogen) atoms. The maximum atomic E-state index is 14.0. The van der Waals surface area contributed by atoms with Gasteiger partial charge in [-0.2, -0.15) is 4.31 Å². The summed E-state index contributed by atoms with van der Waals surface area (Å²) in [4.78, 5) is 52.7. The molecule has 12 nitrogen and oxygen atoms in total. The van der Waals surface area contributed by atoms with Gasteiger partial charge in [0.25, 0.3) is 11.8 Å². The summed E-state index contributed by atoms with van der Waals surface area (Å²) in [7, 11) is -4.01. The number of sulfonamides is 1. The number of nitrogens with zero attached hydrogens (tertiary/aromatic N) is 2. The van der Waals surface area contributed by atoms with Crippen LogP contribution in [-0.2, 0) is 27.7 Å². The number of aromatic carboxylic acids is 1. The first-order chi connectivity index (χ1) is 26.9. The van der Waals surface area contributed by atoms with Crippen LogP contribution in [0.1, 0.15) is 94.1 Å². The van der Waals surface area contributed by atoms with Gasteiger partial charge < -0.3 is 25.7 Å². The molecule has 2 amide bonds. The fourth-order valence-electron chi connectivity index (χ4n) is 7.65. The molecule has 2 fully saturated rings. The van der Waals surface area contributed by atoms with Crippen LogP contribution < -0.4 is 15.5 Å². The molecule has 1 aliphatic heterocycles. The fourth-order valence-corrected chi connectivity index (χ4v) is 9.39. The number of anilines is 3. The van der Waals surface area contributed by atoms with Crippen LogP contribution in [0, 0.1) is 5.92 Å². The minimum atomic E-state index is -4.01. The summed E-state index contributed by atoms with van der Waals surface area (Å²) in [5.74, 6) is -3.31. The summed E-state index contributed by atoms with van der Waals surface area (Å²) >= 11 is 0. The molecule has 1 saturated heterocycles. The minimum absolute atomic E-state index is 0. The number of rotatable bonds is 14. The van der Waals surface area contributed by atoms with Crippen molar-refractivity contribution >= 4 is 154 Å². The van der Waals surface area contributed by atoms with E-state index in [1.165, 1.54) is 28.6 Å². The van der Waals surface area contributed by atoms with Crippen molar-refractivity contribution in [3.63, 3.8) is 0 Å². The van der Waals surface area contributed by atoms with Crippen molar-refractivity contribution in [2.24, 2.45) is 5.92 Å². The molecule has 4 aromatic carbocycles. The third-order valence-electron chi connectivity index (χ3n) is 10.8. The number of piperidine rings is 1. The topological polar surface area (TPSA) is 173 Å². The van der Waals surface area contributed by atoms with Crippen molar-refractivity contribution in [3.8, 4) is 0 Å². The van der Waals surface area contributed by atoms with Gasteiger partial charge in [0.05, 0.1) is 27.6 Å². The van der Waals surface area contributed by atoms with Gasteiger partial charge in [-0.15, -0.1) is 0 Å². The van der Waals surface area contributed by atoms with E-state index in [1.54, 1.807) is 49.4 Å². The second-order valence-corrected chi connectivity index (χ2v) is 16.4. The van der Waals surface area contributed by atoms with E-state index in [1.807, 2.05) is 24.3 Å². The molecule has 0 spiro atoms. The molecule has 0 atom stereocenters. The third-order valence-corrected chi connectivity index (χ3v) is 12.8. The predicted molar refractivity (Wildman–Crippen MR) is 229 cm³/mol. The van der Waals surface area contributed by atoms with Crippen LogP contribution in [0.25, 0.3) is 0 Å². The number of hydrogen-bond donors (Lipinski definition) is 4. The Morgan fingerprint density at radius 1 is 0.724 bits per heavy atom. The van der Waals surface area contributed by atoms with Crippen LogP contribution in [0.3, 0.4) is 0 Å². The van der Waals surface area contributed by atoms with Gasteiger partial charge in [-0.3, -0.25) is 14.4 Å². The van der Waals surface area contributed by atoms with Gasteiger partial charge in [-0.05, 0) is 130 Å². The number of hydrogen-bond acceptors (Lipinski definition) is 7. The second-order valence-electron chi connectivity index (χ2n) is 14.5. The Balaban J connectivity index is 0.00000372. The molecule has 15 heteroatoms. The molecule has 4 N–H and O–H groups in total. The summed E-state index contributed by atoms with van der Waals surface area (Å²) in [5, 5.41) is 24.5.